The van der Waals surface area contributed by atoms with Crippen molar-refractivity contribution in [1.29, 1.82) is 10.5 Å². The Morgan fingerprint density at radius 1 is 1.12 bits per heavy atom. The summed E-state index contributed by atoms with van der Waals surface area (Å²) in [7, 11) is 3.03. The van der Waals surface area contributed by atoms with E-state index in [9.17, 15) is 0 Å². The molecule has 0 saturated carbocycles. The van der Waals surface area contributed by atoms with Crippen molar-refractivity contribution < 1.29 is 9.47 Å². The Balaban J connectivity index is 3.32. The molecule has 0 saturated heterocycles. The van der Waals surface area contributed by atoms with E-state index in [0.717, 1.165) is 0 Å². The van der Waals surface area contributed by atoms with Gasteiger partial charge in [-0.15, -0.1) is 4.91 Å². The Kier molecular flexibility index (Phi) is 4.33. The Hall–Kier alpha value is -2.24. The fourth-order valence-electron chi connectivity index (χ4n) is 1.25. The number of ether oxygens (including phenoxy) is 2. The zero-order valence-electron chi connectivity index (χ0n) is 9.35. The fraction of sp³-hybridized carbons (Fsp3) is 0.167. The fourth-order valence-corrected chi connectivity index (χ4v) is 1.47. The van der Waals surface area contributed by atoms with Crippen molar-refractivity contribution in [2.45, 2.75) is 0 Å². The highest BCUT2D eigenvalue weighted by Gasteiger charge is 2.05. The molecule has 0 aliphatic heterocycles. The predicted molar refractivity (Wildman–Crippen MR) is 65.1 cm³/mol. The minimum absolute atomic E-state index is 0.0905. The molecule has 1 aromatic carbocycles. The van der Waals surface area contributed by atoms with E-state index < -0.39 is 0 Å². The topological polar surface area (TPSA) is 66.0 Å². The molecule has 0 heterocycles. The van der Waals surface area contributed by atoms with Gasteiger partial charge < -0.3 is 22.1 Å². The molecule has 1 rings (SSSR count). The zero-order valence-corrected chi connectivity index (χ0v) is 10.2. The van der Waals surface area contributed by atoms with Crippen LogP contribution >= 0.6 is 0 Å². The number of hydrogen-bond acceptors (Lipinski definition) is 5. The summed E-state index contributed by atoms with van der Waals surface area (Å²) in [5.41, 5.74) is 0.489. The van der Waals surface area contributed by atoms with Crippen molar-refractivity contribution in [3.8, 4) is 23.6 Å². The first-order valence-corrected chi connectivity index (χ1v) is 5.02. The van der Waals surface area contributed by atoms with Crippen LogP contribution in [0.3, 0.4) is 0 Å². The highest BCUT2D eigenvalue weighted by Crippen LogP contribution is 2.30. The summed E-state index contributed by atoms with van der Waals surface area (Å²) in [4.78, 5) is 0.205. The van der Waals surface area contributed by atoms with E-state index in [1.807, 2.05) is 0 Å². The Morgan fingerprint density at radius 3 is 2.18 bits per heavy atom. The molecule has 0 unspecified atom stereocenters. The SMILES string of the molecule is COc1ccc(C([S-])=C(C#N)C#N)cc1OC. The van der Waals surface area contributed by atoms with Crippen molar-refractivity contribution in [3.63, 3.8) is 0 Å². The third kappa shape index (κ3) is 2.66. The first-order valence-electron chi connectivity index (χ1n) is 4.61. The molecule has 0 fully saturated rings. The van der Waals surface area contributed by atoms with Crippen LogP contribution in [0.15, 0.2) is 23.8 Å². The number of benzene rings is 1. The van der Waals surface area contributed by atoms with E-state index in [-0.39, 0.29) is 10.5 Å². The lowest BCUT2D eigenvalue weighted by atomic mass is 10.1. The maximum absolute atomic E-state index is 8.73. The number of nitrogens with zero attached hydrogens (tertiary/aromatic N) is 2. The van der Waals surface area contributed by atoms with Gasteiger partial charge in [-0.2, -0.15) is 10.5 Å². The summed E-state index contributed by atoms with van der Waals surface area (Å²) < 4.78 is 10.2. The maximum atomic E-state index is 8.73. The van der Waals surface area contributed by atoms with Crippen LogP contribution in [0.1, 0.15) is 5.56 Å². The van der Waals surface area contributed by atoms with E-state index in [0.29, 0.717) is 17.1 Å². The van der Waals surface area contributed by atoms with Crippen LogP contribution in [0.4, 0.5) is 0 Å². The molecular formula is C12H9N2O2S-. The molecule has 0 spiro atoms. The Morgan fingerprint density at radius 2 is 1.71 bits per heavy atom. The van der Waals surface area contributed by atoms with Crippen LogP contribution in [-0.2, 0) is 12.6 Å². The third-order valence-corrected chi connectivity index (χ3v) is 2.54. The maximum Gasteiger partial charge on any atom is 0.161 e. The van der Waals surface area contributed by atoms with Gasteiger partial charge >= 0.3 is 0 Å². The van der Waals surface area contributed by atoms with Gasteiger partial charge in [0.2, 0.25) is 0 Å². The van der Waals surface area contributed by atoms with E-state index in [1.165, 1.54) is 14.2 Å². The van der Waals surface area contributed by atoms with Gasteiger partial charge in [-0.1, -0.05) is 6.07 Å². The largest absolute Gasteiger partial charge is 0.777 e. The average molecular weight is 245 g/mol. The normalized spacial score (nSPS) is 8.71. The van der Waals surface area contributed by atoms with Crippen molar-refractivity contribution in [2.75, 3.05) is 14.2 Å². The van der Waals surface area contributed by atoms with Crippen LogP contribution in [-0.4, -0.2) is 14.2 Å². The molecule has 17 heavy (non-hydrogen) atoms. The monoisotopic (exact) mass is 245 g/mol. The minimum Gasteiger partial charge on any atom is -0.777 e. The standard InChI is InChI=1S/C12H10N2O2S/c1-15-10-4-3-8(5-11(10)16-2)12(17)9(6-13)7-14/h3-5,17H,1-2H3/p-1. The van der Waals surface area contributed by atoms with Gasteiger partial charge in [0.1, 0.15) is 17.7 Å². The van der Waals surface area contributed by atoms with Gasteiger partial charge in [0, 0.05) is 0 Å². The average Bonchev–Trinajstić information content (AvgIpc) is 2.39. The molecule has 86 valence electrons. The van der Waals surface area contributed by atoms with E-state index in [4.69, 9.17) is 32.6 Å². The first-order chi connectivity index (χ1) is 8.17. The third-order valence-electron chi connectivity index (χ3n) is 2.10. The van der Waals surface area contributed by atoms with Crippen LogP contribution in [0.5, 0.6) is 11.5 Å². The molecule has 0 radical (unpaired) electrons. The lowest BCUT2D eigenvalue weighted by Gasteiger charge is -2.15. The van der Waals surface area contributed by atoms with Crippen molar-refractivity contribution >= 4 is 17.5 Å². The van der Waals surface area contributed by atoms with Crippen molar-refractivity contribution in [2.24, 2.45) is 0 Å². The van der Waals surface area contributed by atoms with Gasteiger partial charge in [0.25, 0.3) is 0 Å². The Labute approximate surface area is 105 Å². The summed E-state index contributed by atoms with van der Waals surface area (Å²) >= 11 is 5.05. The molecule has 0 amide bonds. The molecule has 4 nitrogen and oxygen atoms in total. The molecule has 0 aliphatic rings. The predicted octanol–water partition coefficient (Wildman–Crippen LogP) is 2.01. The second-order valence-electron chi connectivity index (χ2n) is 3.00. The van der Waals surface area contributed by atoms with E-state index in [2.05, 4.69) is 0 Å². The summed E-state index contributed by atoms with van der Waals surface area (Å²) in [6, 6.07) is 8.50. The molecule has 5 heteroatoms. The number of hydrogen-bond donors (Lipinski definition) is 0. The second-order valence-corrected chi connectivity index (χ2v) is 3.41. The summed E-state index contributed by atoms with van der Waals surface area (Å²) in [5.74, 6) is 1.07. The van der Waals surface area contributed by atoms with Gasteiger partial charge in [-0.25, -0.2) is 0 Å². The van der Waals surface area contributed by atoms with Crippen LogP contribution in [0, 0.1) is 22.7 Å². The highest BCUT2D eigenvalue weighted by atomic mass is 32.1. The molecule has 0 aliphatic carbocycles. The Bertz CT molecular complexity index is 522. The molecule has 0 aromatic heterocycles. The van der Waals surface area contributed by atoms with Gasteiger partial charge in [-0.05, 0) is 17.7 Å². The lowest BCUT2D eigenvalue weighted by molar-refractivity contribution is 0.355. The molecule has 0 bridgehead atoms. The van der Waals surface area contributed by atoms with Crippen LogP contribution < -0.4 is 9.47 Å². The van der Waals surface area contributed by atoms with Crippen molar-refractivity contribution in [1.82, 2.24) is 0 Å². The number of methoxy groups -OCH3 is 2. The highest BCUT2D eigenvalue weighted by molar-refractivity contribution is 7.70. The summed E-state index contributed by atoms with van der Waals surface area (Å²) in [5, 5.41) is 17.5. The number of allylic oxidation sites excluding steroid dienone is 1. The van der Waals surface area contributed by atoms with Gasteiger partial charge in [-0.3, -0.25) is 0 Å². The zero-order chi connectivity index (χ0) is 12.8. The quantitative estimate of drug-likeness (QED) is 0.602. The first kappa shape index (κ1) is 12.8. The van der Waals surface area contributed by atoms with Crippen LogP contribution in [0.2, 0.25) is 0 Å². The molecule has 1 aromatic rings. The van der Waals surface area contributed by atoms with Gasteiger partial charge in [0.05, 0.1) is 14.2 Å². The molecule has 0 atom stereocenters. The summed E-state index contributed by atoms with van der Waals surface area (Å²) in [6.07, 6.45) is 0. The smallest absolute Gasteiger partial charge is 0.161 e. The van der Waals surface area contributed by atoms with Crippen LogP contribution in [0.25, 0.3) is 4.91 Å². The minimum atomic E-state index is -0.0905. The molecular weight excluding hydrogens is 236 g/mol. The van der Waals surface area contributed by atoms with E-state index in [1.54, 1.807) is 30.3 Å². The van der Waals surface area contributed by atoms with Crippen molar-refractivity contribution in [3.05, 3.63) is 29.3 Å². The number of rotatable bonds is 3. The van der Waals surface area contributed by atoms with Gasteiger partial charge in [0.15, 0.2) is 11.5 Å². The second kappa shape index (κ2) is 5.74. The molecule has 0 N–H and O–H groups in total. The number of nitriles is 2. The lowest BCUT2D eigenvalue weighted by Crippen LogP contribution is -1.93. The van der Waals surface area contributed by atoms with E-state index >= 15 is 0 Å². The summed E-state index contributed by atoms with van der Waals surface area (Å²) in [6.45, 7) is 0.